The van der Waals surface area contributed by atoms with Gasteiger partial charge in [-0.25, -0.2) is 0 Å². The van der Waals surface area contributed by atoms with Crippen LogP contribution in [0.3, 0.4) is 0 Å². The van der Waals surface area contributed by atoms with Crippen LogP contribution in [0, 0.1) is 0 Å². The van der Waals surface area contributed by atoms with Crippen molar-refractivity contribution in [1.29, 1.82) is 0 Å². The molecule has 0 spiro atoms. The summed E-state index contributed by atoms with van der Waals surface area (Å²) in [4.78, 5) is 0. The minimum Gasteiger partial charge on any atom is -0.496 e. The SMILES string of the molecule is COc1cc2c(c3c1C1=CC=CC=C(C=C3)C1)OCCC2. The number of fused-ring (bicyclic) bond motifs is 6. The van der Waals surface area contributed by atoms with Crippen LogP contribution in [0.1, 0.15) is 29.5 Å². The van der Waals surface area contributed by atoms with Gasteiger partial charge in [0, 0.05) is 11.1 Å². The molecule has 0 radical (unpaired) electrons. The van der Waals surface area contributed by atoms with Crippen LogP contribution >= 0.6 is 0 Å². The Morgan fingerprint density at radius 2 is 2.05 bits per heavy atom. The minimum absolute atomic E-state index is 0.807. The molecule has 3 aliphatic rings. The molecule has 0 saturated heterocycles. The van der Waals surface area contributed by atoms with Crippen LogP contribution in [-0.4, -0.2) is 13.7 Å². The molecule has 0 aromatic heterocycles. The highest BCUT2D eigenvalue weighted by atomic mass is 16.5. The summed E-state index contributed by atoms with van der Waals surface area (Å²) >= 11 is 0. The zero-order valence-electron chi connectivity index (χ0n) is 12.2. The second-order valence-electron chi connectivity index (χ2n) is 5.64. The number of benzene rings is 1. The predicted molar refractivity (Wildman–Crippen MR) is 85.7 cm³/mol. The lowest BCUT2D eigenvalue weighted by molar-refractivity contribution is 0.286. The number of hydrogen-bond acceptors (Lipinski definition) is 2. The van der Waals surface area contributed by atoms with Crippen LogP contribution in [0.4, 0.5) is 0 Å². The van der Waals surface area contributed by atoms with Crippen molar-refractivity contribution in [3.8, 4) is 11.5 Å². The standard InChI is InChI=1S/C19H18O2/c1-20-17-12-15-7-4-10-21-19(15)16-9-8-13-5-2-3-6-14(11-13)18(16)17/h2-3,5-6,8-9,12H,4,7,10-11H2,1H3. The smallest absolute Gasteiger partial charge is 0.130 e. The summed E-state index contributed by atoms with van der Waals surface area (Å²) in [6.45, 7) is 0.807. The molecule has 0 amide bonds. The van der Waals surface area contributed by atoms with Crippen molar-refractivity contribution < 1.29 is 9.47 Å². The molecule has 0 saturated carbocycles. The van der Waals surface area contributed by atoms with Crippen LogP contribution in [0.5, 0.6) is 11.5 Å². The van der Waals surface area contributed by atoms with Gasteiger partial charge in [-0.2, -0.15) is 0 Å². The molecule has 2 bridgehead atoms. The van der Waals surface area contributed by atoms with E-state index in [0.717, 1.165) is 37.4 Å². The lowest BCUT2D eigenvalue weighted by Crippen LogP contribution is -2.11. The highest BCUT2D eigenvalue weighted by molar-refractivity contribution is 5.87. The molecule has 2 nitrogen and oxygen atoms in total. The number of aryl methyl sites for hydroxylation is 1. The van der Waals surface area contributed by atoms with Crippen LogP contribution in [0.15, 0.2) is 42.0 Å². The quantitative estimate of drug-likeness (QED) is 0.761. The third kappa shape index (κ3) is 2.02. The fourth-order valence-corrected chi connectivity index (χ4v) is 3.32. The van der Waals surface area contributed by atoms with Crippen molar-refractivity contribution in [3.63, 3.8) is 0 Å². The van der Waals surface area contributed by atoms with Gasteiger partial charge in [0.1, 0.15) is 11.5 Å². The van der Waals surface area contributed by atoms with Crippen LogP contribution < -0.4 is 9.47 Å². The maximum atomic E-state index is 5.99. The summed E-state index contributed by atoms with van der Waals surface area (Å²) in [5.41, 5.74) is 6.24. The van der Waals surface area contributed by atoms with E-state index in [1.54, 1.807) is 7.11 Å². The van der Waals surface area contributed by atoms with Gasteiger partial charge in [0.05, 0.1) is 13.7 Å². The van der Waals surface area contributed by atoms with Crippen LogP contribution in [0.25, 0.3) is 11.6 Å². The maximum Gasteiger partial charge on any atom is 0.130 e. The molecule has 1 aromatic carbocycles. The Morgan fingerprint density at radius 3 is 2.95 bits per heavy atom. The molecule has 0 unspecified atom stereocenters. The summed E-state index contributed by atoms with van der Waals surface area (Å²) in [6, 6.07) is 2.16. The van der Waals surface area contributed by atoms with Gasteiger partial charge in [-0.3, -0.25) is 0 Å². The number of ether oxygens (including phenoxy) is 2. The number of rotatable bonds is 1. The highest BCUT2D eigenvalue weighted by Gasteiger charge is 2.24. The van der Waals surface area contributed by atoms with E-state index in [1.165, 1.54) is 27.8 Å². The molecular formula is C19H18O2. The maximum absolute atomic E-state index is 5.99. The minimum atomic E-state index is 0.807. The van der Waals surface area contributed by atoms with Crippen LogP contribution in [-0.2, 0) is 6.42 Å². The lowest BCUT2D eigenvalue weighted by Gasteiger charge is -2.23. The predicted octanol–water partition coefficient (Wildman–Crippen LogP) is 4.32. The topological polar surface area (TPSA) is 18.5 Å². The molecule has 2 heteroatoms. The van der Waals surface area contributed by atoms with Gasteiger partial charge in [0.2, 0.25) is 0 Å². The van der Waals surface area contributed by atoms with Crippen molar-refractivity contribution >= 4 is 11.6 Å². The van der Waals surface area contributed by atoms with E-state index >= 15 is 0 Å². The molecule has 4 rings (SSSR count). The first-order valence-electron chi connectivity index (χ1n) is 7.48. The van der Waals surface area contributed by atoms with E-state index in [0.29, 0.717) is 0 Å². The summed E-state index contributed by atoms with van der Waals surface area (Å²) < 4.78 is 11.7. The van der Waals surface area contributed by atoms with Crippen molar-refractivity contribution in [2.75, 3.05) is 13.7 Å². The largest absolute Gasteiger partial charge is 0.496 e. The van der Waals surface area contributed by atoms with Crippen molar-refractivity contribution in [3.05, 3.63) is 58.7 Å². The Kier molecular flexibility index (Phi) is 2.95. The second kappa shape index (κ2) is 4.96. The Morgan fingerprint density at radius 1 is 1.14 bits per heavy atom. The van der Waals surface area contributed by atoms with Crippen LogP contribution in [0.2, 0.25) is 0 Å². The van der Waals surface area contributed by atoms with E-state index in [4.69, 9.17) is 9.47 Å². The fraction of sp³-hybridized carbons (Fsp3) is 0.263. The Labute approximate surface area is 125 Å². The van der Waals surface area contributed by atoms with E-state index in [9.17, 15) is 0 Å². The molecule has 0 atom stereocenters. The number of allylic oxidation sites excluding steroid dienone is 7. The number of hydrogen-bond donors (Lipinski definition) is 0. The molecule has 21 heavy (non-hydrogen) atoms. The van der Waals surface area contributed by atoms with Gasteiger partial charge in [0.15, 0.2) is 0 Å². The number of methoxy groups -OCH3 is 1. The summed E-state index contributed by atoms with van der Waals surface area (Å²) in [5.74, 6) is 2.01. The van der Waals surface area contributed by atoms with E-state index in [2.05, 4.69) is 42.5 Å². The zero-order valence-corrected chi connectivity index (χ0v) is 12.2. The molecule has 106 valence electrons. The molecule has 0 N–H and O–H groups in total. The van der Waals surface area contributed by atoms with Gasteiger partial charge in [-0.1, -0.05) is 36.5 Å². The van der Waals surface area contributed by atoms with E-state index in [1.807, 2.05) is 0 Å². The Bertz CT molecular complexity index is 718. The van der Waals surface area contributed by atoms with Gasteiger partial charge in [0.25, 0.3) is 0 Å². The highest BCUT2D eigenvalue weighted by Crippen LogP contribution is 2.45. The third-order valence-electron chi connectivity index (χ3n) is 4.31. The summed E-state index contributed by atoms with van der Waals surface area (Å²) in [7, 11) is 1.75. The molecule has 0 fully saturated rings. The molecule has 2 aliphatic carbocycles. The van der Waals surface area contributed by atoms with Gasteiger partial charge in [-0.05, 0) is 42.0 Å². The second-order valence-corrected chi connectivity index (χ2v) is 5.64. The average Bonchev–Trinajstić information content (AvgIpc) is 2.87. The van der Waals surface area contributed by atoms with E-state index in [-0.39, 0.29) is 0 Å². The molecule has 1 aliphatic heterocycles. The molecule has 1 aromatic rings. The average molecular weight is 278 g/mol. The molecule has 1 heterocycles. The van der Waals surface area contributed by atoms with E-state index < -0.39 is 0 Å². The summed E-state index contributed by atoms with van der Waals surface area (Å²) in [5, 5.41) is 0. The lowest BCUT2D eigenvalue weighted by atomic mass is 9.91. The van der Waals surface area contributed by atoms with Crippen molar-refractivity contribution in [2.45, 2.75) is 19.3 Å². The summed E-state index contributed by atoms with van der Waals surface area (Å²) in [6.07, 6.45) is 16.0. The van der Waals surface area contributed by atoms with Gasteiger partial charge < -0.3 is 9.47 Å². The normalized spacial score (nSPS) is 18.5. The first kappa shape index (κ1) is 12.5. The van der Waals surface area contributed by atoms with Gasteiger partial charge >= 0.3 is 0 Å². The zero-order chi connectivity index (χ0) is 14.2. The first-order chi connectivity index (χ1) is 10.4. The Balaban J connectivity index is 2.03. The molecular weight excluding hydrogens is 260 g/mol. The van der Waals surface area contributed by atoms with Crippen molar-refractivity contribution in [1.82, 2.24) is 0 Å². The first-order valence-corrected chi connectivity index (χ1v) is 7.48. The fourth-order valence-electron chi connectivity index (χ4n) is 3.32. The van der Waals surface area contributed by atoms with Crippen molar-refractivity contribution in [2.24, 2.45) is 0 Å². The third-order valence-corrected chi connectivity index (χ3v) is 4.31. The van der Waals surface area contributed by atoms with Gasteiger partial charge in [-0.15, -0.1) is 0 Å². The monoisotopic (exact) mass is 278 g/mol. The Hall–Kier alpha value is -2.22.